The molecule has 2 heterocycles. The molecule has 0 fully saturated rings. The summed E-state index contributed by atoms with van der Waals surface area (Å²) in [5.74, 6) is -0.730. The molecule has 12 nitrogen and oxygen atoms in total. The van der Waals surface area contributed by atoms with Gasteiger partial charge in [0, 0.05) is 30.9 Å². The van der Waals surface area contributed by atoms with Gasteiger partial charge in [0.25, 0.3) is 11.6 Å². The molecule has 13 heteroatoms. The highest BCUT2D eigenvalue weighted by molar-refractivity contribution is 7.89. The van der Waals surface area contributed by atoms with Gasteiger partial charge in [-0.3, -0.25) is 10.1 Å². The Bertz CT molecular complexity index is 1150. The van der Waals surface area contributed by atoms with Crippen LogP contribution in [0.25, 0.3) is 11.5 Å². The second kappa shape index (κ2) is 7.21. The van der Waals surface area contributed by atoms with Crippen LogP contribution in [-0.4, -0.2) is 34.1 Å². The lowest BCUT2D eigenvalue weighted by Crippen LogP contribution is -2.11. The molecular weight excluding hydrogens is 394 g/mol. The monoisotopic (exact) mass is 407 g/mol. The maximum atomic E-state index is 12.1. The lowest BCUT2D eigenvalue weighted by molar-refractivity contribution is -0.384. The van der Waals surface area contributed by atoms with Gasteiger partial charge in [0.1, 0.15) is 10.6 Å². The number of carbonyl (C=O) groups excluding carboxylic acids is 1. The molecule has 2 N–H and O–H groups in total. The van der Waals surface area contributed by atoms with Crippen LogP contribution in [0, 0.1) is 10.1 Å². The van der Waals surface area contributed by atoms with Gasteiger partial charge < -0.3 is 13.7 Å². The number of rotatable bonds is 6. The minimum absolute atomic E-state index is 0.0115. The van der Waals surface area contributed by atoms with Crippen LogP contribution in [0.5, 0.6) is 0 Å². The molecule has 3 aromatic rings. The normalized spacial score (nSPS) is 11.4. The van der Waals surface area contributed by atoms with E-state index in [0.717, 1.165) is 6.07 Å². The molecule has 0 saturated carbocycles. The van der Waals surface area contributed by atoms with Gasteiger partial charge in [0.2, 0.25) is 15.9 Å². The lowest BCUT2D eigenvalue weighted by Gasteiger charge is -2.02. The van der Waals surface area contributed by atoms with Crippen LogP contribution in [0.4, 0.5) is 5.69 Å². The number of ether oxygens (including phenoxy) is 1. The van der Waals surface area contributed by atoms with Gasteiger partial charge in [-0.2, -0.15) is 0 Å². The first-order valence-corrected chi connectivity index (χ1v) is 9.13. The minimum atomic E-state index is -3.95. The Labute approximate surface area is 157 Å². The number of nitro groups is 1. The molecule has 0 aliphatic heterocycles. The number of aromatic nitrogens is 3. The van der Waals surface area contributed by atoms with Crippen molar-refractivity contribution in [3.8, 4) is 11.5 Å². The smallest absolute Gasteiger partial charge is 0.355 e. The lowest BCUT2D eigenvalue weighted by atomic mass is 10.2. The summed E-state index contributed by atoms with van der Waals surface area (Å²) in [5, 5.41) is 23.2. The van der Waals surface area contributed by atoms with E-state index in [1.807, 2.05) is 0 Å². The molecule has 1 aromatic carbocycles. The van der Waals surface area contributed by atoms with Crippen LogP contribution in [0.2, 0.25) is 0 Å². The van der Waals surface area contributed by atoms with Crippen LogP contribution >= 0.6 is 0 Å². The molecular formula is C15H13N5O7S. The van der Waals surface area contributed by atoms with E-state index < -0.39 is 20.9 Å². The predicted octanol–water partition coefficient (Wildman–Crippen LogP) is 0.988. The second-order valence-electron chi connectivity index (χ2n) is 5.60. The maximum absolute atomic E-state index is 12.1. The molecule has 2 aromatic heterocycles. The van der Waals surface area contributed by atoms with Gasteiger partial charge in [0.15, 0.2) is 6.61 Å². The number of non-ortho nitro benzene ring substituents is 1. The number of primary sulfonamides is 1. The zero-order valence-corrected chi connectivity index (χ0v) is 15.1. The Balaban J connectivity index is 1.68. The zero-order chi connectivity index (χ0) is 20.5. The third kappa shape index (κ3) is 4.05. The van der Waals surface area contributed by atoms with Crippen molar-refractivity contribution in [1.82, 2.24) is 14.8 Å². The summed E-state index contributed by atoms with van der Waals surface area (Å²) >= 11 is 0. The van der Waals surface area contributed by atoms with Crippen LogP contribution < -0.4 is 5.14 Å². The van der Waals surface area contributed by atoms with Crippen LogP contribution in [-0.2, 0) is 28.4 Å². The Kier molecular flexibility index (Phi) is 4.94. The third-order valence-electron chi connectivity index (χ3n) is 3.64. The zero-order valence-electron chi connectivity index (χ0n) is 14.3. The number of carbonyl (C=O) groups is 1. The topological polar surface area (TPSA) is 173 Å². The van der Waals surface area contributed by atoms with E-state index in [2.05, 4.69) is 10.2 Å². The van der Waals surface area contributed by atoms with Gasteiger partial charge in [-0.25, -0.2) is 18.4 Å². The number of hydrogen-bond acceptors (Lipinski definition) is 9. The molecule has 0 amide bonds. The average Bonchev–Trinajstić information content (AvgIpc) is 3.26. The fraction of sp³-hybridized carbons (Fsp3) is 0.133. The average molecular weight is 407 g/mol. The number of esters is 1. The molecule has 0 saturated heterocycles. The van der Waals surface area contributed by atoms with Crippen molar-refractivity contribution >= 4 is 21.7 Å². The Morgan fingerprint density at radius 1 is 1.32 bits per heavy atom. The molecule has 0 radical (unpaired) electrons. The molecule has 0 spiro atoms. The summed E-state index contributed by atoms with van der Waals surface area (Å²) in [6.45, 7) is -0.352. The SMILES string of the molecule is Cn1cc(S(N)(=O)=O)cc1C(=O)OCc1nnc(-c2ccc([N+](=O)[O-])cc2)o1. The number of hydrogen-bond donors (Lipinski definition) is 1. The van der Waals surface area contributed by atoms with Crippen molar-refractivity contribution in [2.75, 3.05) is 0 Å². The van der Waals surface area contributed by atoms with E-state index in [0.29, 0.717) is 5.56 Å². The van der Waals surface area contributed by atoms with Crippen molar-refractivity contribution in [3.05, 3.63) is 58.2 Å². The minimum Gasteiger partial charge on any atom is -0.451 e. The van der Waals surface area contributed by atoms with E-state index >= 15 is 0 Å². The quantitative estimate of drug-likeness (QED) is 0.355. The van der Waals surface area contributed by atoms with Gasteiger partial charge >= 0.3 is 5.97 Å². The third-order valence-corrected chi connectivity index (χ3v) is 4.52. The summed E-state index contributed by atoms with van der Waals surface area (Å²) in [6, 6.07) is 6.56. The van der Waals surface area contributed by atoms with Crippen molar-refractivity contribution in [2.24, 2.45) is 12.2 Å². The Morgan fingerprint density at radius 3 is 2.57 bits per heavy atom. The molecule has 3 rings (SSSR count). The first-order valence-electron chi connectivity index (χ1n) is 7.58. The largest absolute Gasteiger partial charge is 0.451 e. The van der Waals surface area contributed by atoms with Crippen molar-refractivity contribution in [2.45, 2.75) is 11.5 Å². The maximum Gasteiger partial charge on any atom is 0.355 e. The molecule has 0 atom stereocenters. The highest BCUT2D eigenvalue weighted by Gasteiger charge is 2.19. The second-order valence-corrected chi connectivity index (χ2v) is 7.16. The van der Waals surface area contributed by atoms with E-state index in [9.17, 15) is 23.3 Å². The first-order chi connectivity index (χ1) is 13.1. The first kappa shape index (κ1) is 19.2. The fourth-order valence-electron chi connectivity index (χ4n) is 2.25. The molecule has 0 aliphatic carbocycles. The predicted molar refractivity (Wildman–Crippen MR) is 92.3 cm³/mol. The number of nitrogens with zero attached hydrogens (tertiary/aromatic N) is 4. The molecule has 0 unspecified atom stereocenters. The standard InChI is InChI=1S/C15H13N5O7S/c1-19-7-11(28(16,24)25)6-12(19)15(21)26-8-13-17-18-14(27-13)9-2-4-10(5-3-9)20(22)23/h2-7H,8H2,1H3,(H2,16,24,25). The Morgan fingerprint density at radius 2 is 2.00 bits per heavy atom. The molecule has 0 aliphatic rings. The van der Waals surface area contributed by atoms with Gasteiger partial charge in [-0.05, 0) is 18.2 Å². The van der Waals surface area contributed by atoms with E-state index in [1.54, 1.807) is 0 Å². The van der Waals surface area contributed by atoms with Gasteiger partial charge in [0.05, 0.1) is 4.92 Å². The Hall–Kier alpha value is -3.58. The summed E-state index contributed by atoms with van der Waals surface area (Å²) in [7, 11) is -2.49. The summed E-state index contributed by atoms with van der Waals surface area (Å²) in [6.07, 6.45) is 1.19. The van der Waals surface area contributed by atoms with Crippen molar-refractivity contribution in [1.29, 1.82) is 0 Å². The van der Waals surface area contributed by atoms with Crippen molar-refractivity contribution in [3.63, 3.8) is 0 Å². The van der Waals surface area contributed by atoms with Crippen LogP contribution in [0.15, 0.2) is 45.8 Å². The summed E-state index contributed by atoms with van der Waals surface area (Å²) < 4.78 is 34.3. The molecule has 28 heavy (non-hydrogen) atoms. The van der Waals surface area contributed by atoms with Gasteiger partial charge in [-0.1, -0.05) is 0 Å². The summed E-state index contributed by atoms with van der Waals surface area (Å²) in [4.78, 5) is 22.0. The van der Waals surface area contributed by atoms with Crippen molar-refractivity contribution < 1.29 is 27.3 Å². The number of benzene rings is 1. The molecule has 146 valence electrons. The number of aryl methyl sites for hydroxylation is 1. The number of nitrogens with two attached hydrogens (primary N) is 1. The number of nitro benzene ring substituents is 1. The highest BCUT2D eigenvalue weighted by atomic mass is 32.2. The van der Waals surface area contributed by atoms with E-state index in [4.69, 9.17) is 14.3 Å². The molecule has 0 bridgehead atoms. The van der Waals surface area contributed by atoms with Crippen LogP contribution in [0.3, 0.4) is 0 Å². The number of sulfonamides is 1. The van der Waals surface area contributed by atoms with E-state index in [-0.39, 0.29) is 34.7 Å². The summed E-state index contributed by atoms with van der Waals surface area (Å²) in [5.41, 5.74) is 0.342. The fourth-order valence-corrected chi connectivity index (χ4v) is 2.83. The van der Waals surface area contributed by atoms with E-state index in [1.165, 1.54) is 42.1 Å². The highest BCUT2D eigenvalue weighted by Crippen LogP contribution is 2.21. The van der Waals surface area contributed by atoms with Gasteiger partial charge in [-0.15, -0.1) is 10.2 Å². The van der Waals surface area contributed by atoms with Crippen LogP contribution in [0.1, 0.15) is 16.4 Å².